The minimum atomic E-state index is -4.00. The third-order valence-electron chi connectivity index (χ3n) is 2.62. The van der Waals surface area contributed by atoms with Crippen molar-refractivity contribution in [2.45, 2.75) is 4.90 Å². The molecule has 0 aromatic heterocycles. The summed E-state index contributed by atoms with van der Waals surface area (Å²) in [7, 11) is -4.00. The zero-order valence-electron chi connectivity index (χ0n) is 10.5. The van der Waals surface area contributed by atoms with Crippen molar-refractivity contribution in [1.29, 1.82) is 0 Å². The minimum absolute atomic E-state index is 0.133. The number of benzene rings is 2. The van der Waals surface area contributed by atoms with Crippen LogP contribution in [-0.4, -0.2) is 14.3 Å². The summed E-state index contributed by atoms with van der Waals surface area (Å²) >= 11 is 5.69. The monoisotopic (exact) mass is 328 g/mol. The molecule has 0 saturated carbocycles. The van der Waals surface area contributed by atoms with Crippen LogP contribution in [0, 0.1) is 5.82 Å². The fraction of sp³-hybridized carbons (Fsp3) is 0. The Bertz CT molecular complexity index is 792. The minimum Gasteiger partial charge on any atom is -0.366 e. The highest BCUT2D eigenvalue weighted by molar-refractivity contribution is 7.92. The number of sulfonamides is 1. The second kappa shape index (κ2) is 5.71. The number of rotatable bonds is 4. The van der Waals surface area contributed by atoms with Crippen LogP contribution in [0.25, 0.3) is 0 Å². The Morgan fingerprint density at radius 2 is 1.76 bits per heavy atom. The van der Waals surface area contributed by atoms with Gasteiger partial charge in [-0.1, -0.05) is 11.6 Å². The van der Waals surface area contributed by atoms with E-state index in [1.165, 1.54) is 30.3 Å². The zero-order chi connectivity index (χ0) is 15.6. The van der Waals surface area contributed by atoms with E-state index >= 15 is 0 Å². The molecule has 0 aliphatic rings. The van der Waals surface area contributed by atoms with Crippen LogP contribution >= 0.6 is 11.6 Å². The van der Waals surface area contributed by atoms with Crippen LogP contribution in [0.2, 0.25) is 5.02 Å². The van der Waals surface area contributed by atoms with Gasteiger partial charge in [0.15, 0.2) is 0 Å². The van der Waals surface area contributed by atoms with Gasteiger partial charge in [-0.05, 0) is 42.5 Å². The first-order valence-corrected chi connectivity index (χ1v) is 7.53. The predicted molar refractivity (Wildman–Crippen MR) is 77.2 cm³/mol. The average molecular weight is 329 g/mol. The molecule has 0 atom stereocenters. The first kappa shape index (κ1) is 15.3. The van der Waals surface area contributed by atoms with Crippen LogP contribution in [0.4, 0.5) is 10.1 Å². The van der Waals surface area contributed by atoms with Gasteiger partial charge >= 0.3 is 0 Å². The fourth-order valence-electron chi connectivity index (χ4n) is 1.58. The van der Waals surface area contributed by atoms with Crippen LogP contribution in [0.1, 0.15) is 10.4 Å². The molecule has 5 nitrogen and oxygen atoms in total. The van der Waals surface area contributed by atoms with Crippen molar-refractivity contribution in [2.24, 2.45) is 5.73 Å². The Labute approximate surface area is 125 Å². The summed E-state index contributed by atoms with van der Waals surface area (Å²) < 4.78 is 39.8. The van der Waals surface area contributed by atoms with Gasteiger partial charge in [-0.3, -0.25) is 9.52 Å². The third kappa shape index (κ3) is 3.50. The molecule has 0 saturated heterocycles. The molecule has 0 radical (unpaired) electrons. The Kier molecular flexibility index (Phi) is 4.15. The van der Waals surface area contributed by atoms with Gasteiger partial charge in [0, 0.05) is 10.6 Å². The summed E-state index contributed by atoms with van der Waals surface area (Å²) in [5.41, 5.74) is 4.97. The number of carbonyl (C=O) groups is 1. The van der Waals surface area contributed by atoms with Gasteiger partial charge in [-0.25, -0.2) is 12.8 Å². The van der Waals surface area contributed by atoms with Gasteiger partial charge in [0.2, 0.25) is 5.91 Å². The highest BCUT2D eigenvalue weighted by atomic mass is 35.5. The Hall–Kier alpha value is -2.12. The van der Waals surface area contributed by atoms with Crippen molar-refractivity contribution < 1.29 is 17.6 Å². The number of nitrogens with two attached hydrogens (primary N) is 1. The molecule has 1 amide bonds. The van der Waals surface area contributed by atoms with Crippen LogP contribution in [-0.2, 0) is 10.0 Å². The molecule has 0 fully saturated rings. The van der Waals surface area contributed by atoms with E-state index < -0.39 is 21.7 Å². The van der Waals surface area contributed by atoms with Crippen molar-refractivity contribution >= 4 is 33.2 Å². The molecule has 8 heteroatoms. The second-order valence-electron chi connectivity index (χ2n) is 4.12. The van der Waals surface area contributed by atoms with E-state index in [-0.39, 0.29) is 21.2 Å². The van der Waals surface area contributed by atoms with Gasteiger partial charge in [0.05, 0.1) is 10.6 Å². The number of amides is 1. The number of hydrogen-bond acceptors (Lipinski definition) is 3. The van der Waals surface area contributed by atoms with Gasteiger partial charge in [-0.2, -0.15) is 0 Å². The maximum Gasteiger partial charge on any atom is 0.261 e. The van der Waals surface area contributed by atoms with E-state index in [4.69, 9.17) is 17.3 Å². The van der Waals surface area contributed by atoms with E-state index in [0.717, 1.165) is 12.1 Å². The molecule has 0 spiro atoms. The van der Waals surface area contributed by atoms with Gasteiger partial charge in [-0.15, -0.1) is 0 Å². The molecule has 3 N–H and O–H groups in total. The van der Waals surface area contributed by atoms with Crippen LogP contribution < -0.4 is 10.5 Å². The molecule has 0 unspecified atom stereocenters. The number of halogens is 2. The maximum atomic E-state index is 13.5. The molecule has 21 heavy (non-hydrogen) atoms. The predicted octanol–water partition coefficient (Wildman–Crippen LogP) is 2.38. The van der Waals surface area contributed by atoms with Crippen molar-refractivity contribution in [3.8, 4) is 0 Å². The number of primary amides is 1. The molecule has 0 heterocycles. The summed E-state index contributed by atoms with van der Waals surface area (Å²) in [5.74, 6) is -1.43. The summed E-state index contributed by atoms with van der Waals surface area (Å²) in [6.45, 7) is 0. The molecule has 2 rings (SSSR count). The number of nitrogens with one attached hydrogen (secondary N) is 1. The quantitative estimate of drug-likeness (QED) is 0.903. The highest BCUT2D eigenvalue weighted by Crippen LogP contribution is 2.23. The molecule has 0 bridgehead atoms. The van der Waals surface area contributed by atoms with Crippen LogP contribution in [0.3, 0.4) is 0 Å². The lowest BCUT2D eigenvalue weighted by Gasteiger charge is -2.09. The molecular formula is C13H10ClFN2O3S. The van der Waals surface area contributed by atoms with E-state index in [1.807, 2.05) is 0 Å². The molecule has 0 aliphatic heterocycles. The lowest BCUT2D eigenvalue weighted by Crippen LogP contribution is -2.15. The SMILES string of the molecule is NC(=O)c1ccc(S(=O)(=O)Nc2cc(Cl)ccc2F)cc1. The lowest BCUT2D eigenvalue weighted by molar-refractivity contribution is 0.1000. The Morgan fingerprint density at radius 3 is 2.33 bits per heavy atom. The molecule has 2 aromatic rings. The smallest absolute Gasteiger partial charge is 0.261 e. The first-order chi connectivity index (χ1) is 9.79. The highest BCUT2D eigenvalue weighted by Gasteiger charge is 2.17. The van der Waals surface area contributed by atoms with Gasteiger partial charge in [0.25, 0.3) is 10.0 Å². The largest absolute Gasteiger partial charge is 0.366 e. The molecule has 110 valence electrons. The maximum absolute atomic E-state index is 13.5. The molecular weight excluding hydrogens is 319 g/mol. The number of anilines is 1. The average Bonchev–Trinajstić information content (AvgIpc) is 2.43. The summed E-state index contributed by atoms with van der Waals surface area (Å²) in [6, 6.07) is 8.45. The van der Waals surface area contributed by atoms with Crippen molar-refractivity contribution in [2.75, 3.05) is 4.72 Å². The van der Waals surface area contributed by atoms with Gasteiger partial charge in [0.1, 0.15) is 5.82 Å². The fourth-order valence-corrected chi connectivity index (χ4v) is 2.81. The number of carbonyl (C=O) groups excluding carboxylic acids is 1. The van der Waals surface area contributed by atoms with Crippen molar-refractivity contribution in [1.82, 2.24) is 0 Å². The van der Waals surface area contributed by atoms with Crippen molar-refractivity contribution in [3.63, 3.8) is 0 Å². The third-order valence-corrected chi connectivity index (χ3v) is 4.24. The van der Waals surface area contributed by atoms with Crippen LogP contribution in [0.5, 0.6) is 0 Å². The van der Waals surface area contributed by atoms with E-state index in [9.17, 15) is 17.6 Å². The van der Waals surface area contributed by atoms with Crippen molar-refractivity contribution in [3.05, 3.63) is 58.9 Å². The van der Waals surface area contributed by atoms with E-state index in [1.54, 1.807) is 0 Å². The number of hydrogen-bond donors (Lipinski definition) is 2. The normalized spacial score (nSPS) is 11.1. The topological polar surface area (TPSA) is 89.3 Å². The first-order valence-electron chi connectivity index (χ1n) is 5.67. The summed E-state index contributed by atoms with van der Waals surface area (Å²) in [4.78, 5) is 10.8. The summed E-state index contributed by atoms with van der Waals surface area (Å²) in [6.07, 6.45) is 0. The van der Waals surface area contributed by atoms with E-state index in [2.05, 4.69) is 4.72 Å². The van der Waals surface area contributed by atoms with E-state index in [0.29, 0.717) is 0 Å². The lowest BCUT2D eigenvalue weighted by atomic mass is 10.2. The van der Waals surface area contributed by atoms with Gasteiger partial charge < -0.3 is 5.73 Å². The van der Waals surface area contributed by atoms with Crippen LogP contribution in [0.15, 0.2) is 47.4 Å². The Balaban J connectivity index is 2.34. The summed E-state index contributed by atoms with van der Waals surface area (Å²) in [5, 5.41) is 0.193. The second-order valence-corrected chi connectivity index (χ2v) is 6.24. The zero-order valence-corrected chi connectivity index (χ0v) is 12.1. The molecule has 2 aromatic carbocycles. The standard InChI is InChI=1S/C13H10ClFN2O3S/c14-9-3-6-11(15)12(7-9)17-21(19,20)10-4-1-8(2-5-10)13(16)18/h1-7,17H,(H2,16,18). The molecule has 0 aliphatic carbocycles. The Morgan fingerprint density at radius 1 is 1.14 bits per heavy atom.